The van der Waals surface area contributed by atoms with Gasteiger partial charge in [0.2, 0.25) is 5.88 Å². The summed E-state index contributed by atoms with van der Waals surface area (Å²) in [4.78, 5) is 39.3. The molecule has 4 aromatic carbocycles. The number of carbonyl (C=O) groups excluding carboxylic acids is 1. The fourth-order valence-corrected chi connectivity index (χ4v) is 12.7. The topological polar surface area (TPSA) is 214 Å². The van der Waals surface area contributed by atoms with E-state index >= 15 is 4.39 Å². The van der Waals surface area contributed by atoms with Crippen molar-refractivity contribution in [2.45, 2.75) is 49.4 Å². The SMILES string of the molecule is Cc1c(S(C)(=O)=O)c(-c2cc(F)cc(N3CCN(c4ccc(C(=O)NS(=O)(=O)c5ccc(NCC6CCOCC6)c([N+](=O)[O-])c5)c(N5CCOc6nc7[nH]ccc7cc65)c4)CC3)c2)c(-c2ccc(F)cc2)n1C(C)C. The Morgan fingerprint density at radius 1 is 0.840 bits per heavy atom. The third kappa shape index (κ3) is 10.2. The van der Waals surface area contributed by atoms with Crippen molar-refractivity contribution in [2.75, 3.05) is 85.4 Å². The van der Waals surface area contributed by atoms with E-state index in [9.17, 15) is 36.1 Å². The Bertz CT molecular complexity index is 3590. The van der Waals surface area contributed by atoms with Crippen LogP contribution in [0.1, 0.15) is 48.8 Å². The van der Waals surface area contributed by atoms with Gasteiger partial charge in [-0.1, -0.05) is 0 Å². The van der Waals surface area contributed by atoms with Crippen molar-refractivity contribution in [2.24, 2.45) is 5.92 Å². The van der Waals surface area contributed by atoms with Crippen LogP contribution >= 0.6 is 0 Å². The van der Waals surface area contributed by atoms with E-state index in [4.69, 9.17) is 9.47 Å². The number of amides is 1. The maximum atomic E-state index is 16.0. The van der Waals surface area contributed by atoms with E-state index in [1.165, 1.54) is 42.5 Å². The summed E-state index contributed by atoms with van der Waals surface area (Å²) in [5, 5.41) is 16.1. The van der Waals surface area contributed by atoms with Crippen molar-refractivity contribution in [3.63, 3.8) is 0 Å². The number of benzene rings is 4. The van der Waals surface area contributed by atoms with Crippen molar-refractivity contribution < 1.29 is 44.8 Å². The third-order valence-electron chi connectivity index (χ3n) is 14.0. The number of carbonyl (C=O) groups is 1. The maximum absolute atomic E-state index is 16.0. The molecule has 7 aromatic rings. The standard InChI is InChI=1S/C53H55F2N9O9S2/c1-32(2)63-33(3)50(74(4,68)69)48(49(63)35-5-7-38(54)8-6-35)37-25-39(55)28-41(26-37)61-19-17-60(18-20-61)40-9-11-43(45(29-40)62-21-24-73-53-47(62)27-36-13-16-56-51(36)58-53)52(65)59-75(70,71)42-10-12-44(46(30-42)64(66)67)57-31-34-14-22-72-23-15-34/h5-13,16,25-30,32,34,57H,14-15,17-24,31H2,1-4H3,(H,56,58)(H,59,65). The predicted octanol–water partition coefficient (Wildman–Crippen LogP) is 8.99. The molecule has 3 aliphatic rings. The van der Waals surface area contributed by atoms with Gasteiger partial charge in [-0.2, -0.15) is 4.98 Å². The van der Waals surface area contributed by atoms with E-state index in [0.29, 0.717) is 108 Å². The van der Waals surface area contributed by atoms with Gasteiger partial charge in [-0.05, 0) is 136 Å². The molecule has 3 N–H and O–H groups in total. The Balaban J connectivity index is 0.953. The van der Waals surface area contributed by atoms with Crippen molar-refractivity contribution in [3.8, 4) is 28.3 Å². The molecule has 2 fully saturated rings. The Hall–Kier alpha value is -7.56. The first-order valence-electron chi connectivity index (χ1n) is 24.6. The minimum absolute atomic E-state index is 0.00507. The van der Waals surface area contributed by atoms with E-state index < -0.39 is 52.9 Å². The third-order valence-corrected chi connectivity index (χ3v) is 16.6. The van der Waals surface area contributed by atoms with Gasteiger partial charge < -0.3 is 39.0 Å². The largest absolute Gasteiger partial charge is 0.474 e. The molecule has 10 rings (SSSR count). The summed E-state index contributed by atoms with van der Waals surface area (Å²) in [7, 11) is -8.52. The highest BCUT2D eigenvalue weighted by Crippen LogP contribution is 2.45. The van der Waals surface area contributed by atoms with Crippen molar-refractivity contribution in [1.82, 2.24) is 19.3 Å². The molecule has 0 atom stereocenters. The lowest BCUT2D eigenvalue weighted by Crippen LogP contribution is -2.46. The van der Waals surface area contributed by atoms with Crippen LogP contribution in [0.4, 0.5) is 42.9 Å². The van der Waals surface area contributed by atoms with Crippen LogP contribution in [0.5, 0.6) is 5.88 Å². The fourth-order valence-electron chi connectivity index (χ4n) is 10.5. The molecule has 0 saturated carbocycles. The lowest BCUT2D eigenvalue weighted by molar-refractivity contribution is -0.384. The predicted molar refractivity (Wildman–Crippen MR) is 283 cm³/mol. The number of pyridine rings is 1. The second-order valence-electron chi connectivity index (χ2n) is 19.3. The molecule has 22 heteroatoms. The van der Waals surface area contributed by atoms with E-state index in [1.54, 1.807) is 43.5 Å². The molecule has 0 aliphatic carbocycles. The highest BCUT2D eigenvalue weighted by atomic mass is 32.2. The van der Waals surface area contributed by atoms with Crippen LogP contribution in [-0.4, -0.2) is 108 Å². The number of fused-ring (bicyclic) bond motifs is 2. The maximum Gasteiger partial charge on any atom is 0.293 e. The van der Waals surface area contributed by atoms with Gasteiger partial charge in [-0.25, -0.2) is 30.3 Å². The van der Waals surface area contributed by atoms with Gasteiger partial charge in [-0.3, -0.25) is 14.9 Å². The first kappa shape index (κ1) is 50.9. The number of nitro benzene ring substituents is 1. The second kappa shape index (κ2) is 20.3. The van der Waals surface area contributed by atoms with E-state index in [2.05, 4.69) is 24.9 Å². The second-order valence-corrected chi connectivity index (χ2v) is 22.9. The summed E-state index contributed by atoms with van der Waals surface area (Å²) in [6.07, 6.45) is 4.44. The molecular formula is C53H55F2N9O9S2. The number of hydrogen-bond donors (Lipinski definition) is 3. The number of sulfonamides is 1. The Morgan fingerprint density at radius 3 is 2.25 bits per heavy atom. The van der Waals surface area contributed by atoms with Crippen LogP contribution in [0.25, 0.3) is 33.4 Å². The summed E-state index contributed by atoms with van der Waals surface area (Å²) in [5.41, 5.74) is 4.63. The van der Waals surface area contributed by atoms with Gasteiger partial charge >= 0.3 is 0 Å². The van der Waals surface area contributed by atoms with Gasteiger partial charge in [0.25, 0.3) is 21.6 Å². The number of halogens is 2. The number of aromatic nitrogens is 3. The minimum Gasteiger partial charge on any atom is -0.474 e. The van der Waals surface area contributed by atoms with Crippen molar-refractivity contribution in [1.29, 1.82) is 0 Å². The highest BCUT2D eigenvalue weighted by Gasteiger charge is 2.33. The molecule has 0 bridgehead atoms. The van der Waals surface area contributed by atoms with Crippen LogP contribution < -0.4 is 29.5 Å². The number of ether oxygens (including phenoxy) is 2. The summed E-state index contributed by atoms with van der Waals surface area (Å²) in [6.45, 7) is 9.29. The smallest absolute Gasteiger partial charge is 0.293 e. The Kier molecular flexibility index (Phi) is 13.8. The zero-order valence-electron chi connectivity index (χ0n) is 41.6. The van der Waals surface area contributed by atoms with Crippen LogP contribution in [0.3, 0.4) is 0 Å². The van der Waals surface area contributed by atoms with E-state index in [0.717, 1.165) is 30.6 Å². The van der Waals surface area contributed by atoms with Crippen LogP contribution in [0.2, 0.25) is 0 Å². The molecule has 392 valence electrons. The molecule has 1 amide bonds. The molecule has 75 heavy (non-hydrogen) atoms. The van der Waals surface area contributed by atoms with Crippen molar-refractivity contribution in [3.05, 3.63) is 130 Å². The number of anilines is 5. The zero-order valence-corrected chi connectivity index (χ0v) is 43.2. The number of piperazine rings is 1. The molecule has 2 saturated heterocycles. The molecule has 0 radical (unpaired) electrons. The molecule has 0 unspecified atom stereocenters. The summed E-state index contributed by atoms with van der Waals surface area (Å²) in [5.74, 6) is -1.48. The Morgan fingerprint density at radius 2 is 1.56 bits per heavy atom. The van der Waals surface area contributed by atoms with Gasteiger partial charge in [0.15, 0.2) is 9.84 Å². The molecule has 18 nitrogen and oxygen atoms in total. The van der Waals surface area contributed by atoms with Crippen LogP contribution in [0.15, 0.2) is 107 Å². The fraction of sp³-hybridized carbons (Fsp3) is 0.321. The number of nitrogens with zero attached hydrogens (tertiary/aromatic N) is 6. The highest BCUT2D eigenvalue weighted by molar-refractivity contribution is 7.91. The summed E-state index contributed by atoms with van der Waals surface area (Å²) in [6, 6.07) is 22.3. The van der Waals surface area contributed by atoms with E-state index in [1.807, 2.05) is 40.3 Å². The van der Waals surface area contributed by atoms with E-state index in [-0.39, 0.29) is 41.3 Å². The molecule has 3 aliphatic heterocycles. The van der Waals surface area contributed by atoms with Crippen LogP contribution in [-0.2, 0) is 24.6 Å². The number of sulfone groups is 1. The van der Waals surface area contributed by atoms with Crippen molar-refractivity contribution >= 4 is 70.9 Å². The first-order chi connectivity index (χ1) is 35.8. The average Bonchev–Trinajstić information content (AvgIpc) is 4.00. The van der Waals surface area contributed by atoms with Gasteiger partial charge in [0, 0.05) is 98.5 Å². The summed E-state index contributed by atoms with van der Waals surface area (Å²) >= 11 is 0. The number of nitro groups is 1. The molecule has 0 spiro atoms. The zero-order chi connectivity index (χ0) is 52.9. The summed E-state index contributed by atoms with van der Waals surface area (Å²) < 4.78 is 101. The molecule has 6 heterocycles. The monoisotopic (exact) mass is 1060 g/mol. The number of rotatable bonds is 14. The lowest BCUT2D eigenvalue weighted by Gasteiger charge is -2.38. The normalized spacial score (nSPS) is 15.5. The lowest BCUT2D eigenvalue weighted by atomic mass is 9.99. The minimum atomic E-state index is -4.66. The average molecular weight is 1060 g/mol. The number of nitrogens with one attached hydrogen (secondary N) is 3. The molecule has 3 aromatic heterocycles. The number of aromatic amines is 1. The molecular weight excluding hydrogens is 1010 g/mol. The quantitative estimate of drug-likeness (QED) is 0.0685. The van der Waals surface area contributed by atoms with Crippen LogP contribution in [0, 0.1) is 34.6 Å². The van der Waals surface area contributed by atoms with Gasteiger partial charge in [-0.15, -0.1) is 0 Å². The Labute approximate surface area is 432 Å². The van der Waals surface area contributed by atoms with Gasteiger partial charge in [0.05, 0.1) is 38.2 Å². The number of H-pyrrole nitrogens is 1. The number of hydrogen-bond acceptors (Lipinski definition) is 14. The first-order valence-corrected chi connectivity index (χ1v) is 27.9. The van der Waals surface area contributed by atoms with Gasteiger partial charge in [0.1, 0.15) is 35.3 Å².